The van der Waals surface area contributed by atoms with Gasteiger partial charge in [-0.3, -0.25) is 14.5 Å². The number of nitrogens with one attached hydrogen (secondary N) is 1. The van der Waals surface area contributed by atoms with Gasteiger partial charge in [-0.2, -0.15) is 13.2 Å². The second-order valence-corrected chi connectivity index (χ2v) is 8.91. The van der Waals surface area contributed by atoms with Crippen LogP contribution < -0.4 is 5.32 Å². The molecule has 1 fully saturated rings. The Bertz CT molecular complexity index is 981. The molecule has 1 aromatic heterocycles. The first-order chi connectivity index (χ1) is 14.8. The standard InChI is InChI=1S/C22H23F3N2O3S/c23-22(24,25)15-6-4-5-14(11-15)20(29)19-16-7-10-30-13-17(16)31-21(19)26-18(28)12-27-8-2-1-3-9-27/h4-6,11H,1-3,7-10,12-13H2,(H,26,28). The lowest BCUT2D eigenvalue weighted by Crippen LogP contribution is -2.36. The van der Waals surface area contributed by atoms with Gasteiger partial charge in [0.2, 0.25) is 5.91 Å². The van der Waals surface area contributed by atoms with E-state index in [9.17, 15) is 22.8 Å². The van der Waals surface area contributed by atoms with Crippen molar-refractivity contribution < 1.29 is 27.5 Å². The predicted molar refractivity (Wildman–Crippen MR) is 111 cm³/mol. The number of likely N-dealkylation sites (tertiary alicyclic amines) is 1. The molecule has 31 heavy (non-hydrogen) atoms. The summed E-state index contributed by atoms with van der Waals surface area (Å²) in [4.78, 5) is 28.8. The average Bonchev–Trinajstić information content (AvgIpc) is 3.11. The maximum absolute atomic E-state index is 13.3. The number of alkyl halides is 3. The zero-order valence-corrected chi connectivity index (χ0v) is 17.7. The SMILES string of the molecule is O=C(CN1CCCCC1)Nc1sc2c(c1C(=O)c1cccc(C(F)(F)F)c1)CCOC2. The number of piperidine rings is 1. The van der Waals surface area contributed by atoms with Crippen LogP contribution in [0.25, 0.3) is 0 Å². The van der Waals surface area contributed by atoms with Crippen LogP contribution in [-0.4, -0.2) is 42.8 Å². The minimum Gasteiger partial charge on any atom is -0.376 e. The Morgan fingerprint density at radius 2 is 1.94 bits per heavy atom. The van der Waals surface area contributed by atoms with E-state index >= 15 is 0 Å². The molecule has 0 aliphatic carbocycles. The van der Waals surface area contributed by atoms with Crippen molar-refractivity contribution in [2.75, 3.05) is 31.6 Å². The fraction of sp³-hybridized carbons (Fsp3) is 0.455. The molecule has 2 aliphatic heterocycles. The van der Waals surface area contributed by atoms with Gasteiger partial charge in [-0.05, 0) is 50.0 Å². The van der Waals surface area contributed by atoms with Gasteiger partial charge in [-0.25, -0.2) is 0 Å². The molecule has 4 rings (SSSR count). The Morgan fingerprint density at radius 1 is 1.16 bits per heavy atom. The number of carbonyl (C=O) groups excluding carboxylic acids is 2. The maximum Gasteiger partial charge on any atom is 0.416 e. The van der Waals surface area contributed by atoms with Crippen molar-refractivity contribution >= 4 is 28.0 Å². The van der Waals surface area contributed by atoms with Crippen molar-refractivity contribution in [2.24, 2.45) is 0 Å². The smallest absolute Gasteiger partial charge is 0.376 e. The van der Waals surface area contributed by atoms with E-state index in [-0.39, 0.29) is 23.6 Å². The zero-order valence-electron chi connectivity index (χ0n) is 16.9. The number of halogens is 3. The van der Waals surface area contributed by atoms with Crippen LogP contribution >= 0.6 is 11.3 Å². The number of amides is 1. The molecule has 1 N–H and O–H groups in total. The van der Waals surface area contributed by atoms with Crippen LogP contribution in [0.15, 0.2) is 24.3 Å². The summed E-state index contributed by atoms with van der Waals surface area (Å²) < 4.78 is 44.9. The molecule has 0 saturated carbocycles. The summed E-state index contributed by atoms with van der Waals surface area (Å²) in [5, 5.41) is 3.24. The van der Waals surface area contributed by atoms with Crippen molar-refractivity contribution in [2.45, 2.75) is 38.5 Å². The number of rotatable bonds is 5. The summed E-state index contributed by atoms with van der Waals surface area (Å²) in [5.74, 6) is -0.738. The van der Waals surface area contributed by atoms with Gasteiger partial charge in [0.1, 0.15) is 5.00 Å². The Balaban J connectivity index is 1.62. The van der Waals surface area contributed by atoms with Crippen molar-refractivity contribution in [3.8, 4) is 0 Å². The number of benzene rings is 1. The second kappa shape index (κ2) is 9.10. The summed E-state index contributed by atoms with van der Waals surface area (Å²) in [6.45, 7) is 2.70. The quantitative estimate of drug-likeness (QED) is 0.679. The van der Waals surface area contributed by atoms with Crippen molar-refractivity contribution in [3.63, 3.8) is 0 Å². The Morgan fingerprint density at radius 3 is 2.68 bits per heavy atom. The van der Waals surface area contributed by atoms with Crippen LogP contribution in [0, 0.1) is 0 Å². The summed E-state index contributed by atoms with van der Waals surface area (Å²) in [6.07, 6.45) is -0.794. The van der Waals surface area contributed by atoms with Crippen LogP contribution in [0.4, 0.5) is 18.2 Å². The Hall–Kier alpha value is -2.23. The third kappa shape index (κ3) is 4.99. The first-order valence-corrected chi connectivity index (χ1v) is 11.1. The number of hydrogen-bond donors (Lipinski definition) is 1. The molecule has 166 valence electrons. The number of nitrogens with zero attached hydrogens (tertiary/aromatic N) is 1. The molecule has 0 unspecified atom stereocenters. The van der Waals surface area contributed by atoms with E-state index in [4.69, 9.17) is 4.74 Å². The van der Waals surface area contributed by atoms with Crippen LogP contribution in [0.3, 0.4) is 0 Å². The van der Waals surface area contributed by atoms with Gasteiger partial charge in [0.05, 0.1) is 30.9 Å². The van der Waals surface area contributed by atoms with Crippen LogP contribution in [0.1, 0.15) is 51.2 Å². The number of ether oxygens (including phenoxy) is 1. The number of carbonyl (C=O) groups is 2. The van der Waals surface area contributed by atoms with E-state index in [1.54, 1.807) is 0 Å². The molecule has 2 aromatic rings. The highest BCUT2D eigenvalue weighted by molar-refractivity contribution is 7.17. The lowest BCUT2D eigenvalue weighted by atomic mass is 9.96. The molecule has 0 atom stereocenters. The lowest BCUT2D eigenvalue weighted by molar-refractivity contribution is -0.137. The molecule has 9 heteroatoms. The highest BCUT2D eigenvalue weighted by atomic mass is 32.1. The lowest BCUT2D eigenvalue weighted by Gasteiger charge is -2.25. The molecule has 0 radical (unpaired) electrons. The minimum atomic E-state index is -4.54. The monoisotopic (exact) mass is 452 g/mol. The van der Waals surface area contributed by atoms with Gasteiger partial charge in [0.15, 0.2) is 5.78 Å². The molecule has 0 spiro atoms. The van der Waals surface area contributed by atoms with Crippen molar-refractivity contribution in [1.82, 2.24) is 4.90 Å². The molecule has 1 aromatic carbocycles. The average molecular weight is 452 g/mol. The predicted octanol–water partition coefficient (Wildman–Crippen LogP) is 4.50. The molecule has 1 saturated heterocycles. The fourth-order valence-corrected chi connectivity index (χ4v) is 5.23. The second-order valence-electron chi connectivity index (χ2n) is 7.80. The van der Waals surface area contributed by atoms with E-state index in [1.165, 1.54) is 23.5 Å². The topological polar surface area (TPSA) is 58.6 Å². The molecule has 2 aliphatic rings. The number of hydrogen-bond acceptors (Lipinski definition) is 5. The van der Waals surface area contributed by atoms with Crippen LogP contribution in [0.5, 0.6) is 0 Å². The molecule has 1 amide bonds. The number of anilines is 1. The first-order valence-electron chi connectivity index (χ1n) is 10.3. The minimum absolute atomic E-state index is 0.0477. The largest absolute Gasteiger partial charge is 0.416 e. The summed E-state index contributed by atoms with van der Waals surface area (Å²) >= 11 is 1.27. The van der Waals surface area contributed by atoms with E-state index in [0.717, 1.165) is 54.9 Å². The number of fused-ring (bicyclic) bond motifs is 1. The van der Waals surface area contributed by atoms with Gasteiger partial charge in [-0.1, -0.05) is 18.6 Å². The van der Waals surface area contributed by atoms with Gasteiger partial charge in [0.25, 0.3) is 0 Å². The fourth-order valence-electron chi connectivity index (χ4n) is 4.03. The van der Waals surface area contributed by atoms with Crippen molar-refractivity contribution in [1.29, 1.82) is 0 Å². The van der Waals surface area contributed by atoms with E-state index in [0.29, 0.717) is 24.6 Å². The van der Waals surface area contributed by atoms with E-state index in [1.807, 2.05) is 0 Å². The van der Waals surface area contributed by atoms with E-state index < -0.39 is 17.5 Å². The number of thiophene rings is 1. The van der Waals surface area contributed by atoms with Crippen LogP contribution in [0.2, 0.25) is 0 Å². The highest BCUT2D eigenvalue weighted by Crippen LogP contribution is 2.38. The molecule has 5 nitrogen and oxygen atoms in total. The highest BCUT2D eigenvalue weighted by Gasteiger charge is 2.32. The third-order valence-corrected chi connectivity index (χ3v) is 6.69. The normalized spacial score (nSPS) is 17.3. The van der Waals surface area contributed by atoms with Gasteiger partial charge < -0.3 is 10.1 Å². The molecule has 0 bridgehead atoms. The van der Waals surface area contributed by atoms with Gasteiger partial charge in [-0.15, -0.1) is 11.3 Å². The molecule has 3 heterocycles. The Labute approximate surface area is 182 Å². The summed E-state index contributed by atoms with van der Waals surface area (Å²) in [7, 11) is 0. The zero-order chi connectivity index (χ0) is 22.0. The number of ketones is 1. The molecular formula is C22H23F3N2O3S. The van der Waals surface area contributed by atoms with Crippen LogP contribution in [-0.2, 0) is 28.7 Å². The van der Waals surface area contributed by atoms with E-state index in [2.05, 4.69) is 10.2 Å². The third-order valence-electron chi connectivity index (χ3n) is 5.57. The summed E-state index contributed by atoms with van der Waals surface area (Å²) in [5.41, 5.74) is 0.122. The van der Waals surface area contributed by atoms with Gasteiger partial charge >= 0.3 is 6.18 Å². The molecular weight excluding hydrogens is 429 g/mol. The first kappa shape index (κ1) is 22.0. The Kier molecular flexibility index (Phi) is 6.45. The van der Waals surface area contributed by atoms with Gasteiger partial charge in [0, 0.05) is 10.4 Å². The summed E-state index contributed by atoms with van der Waals surface area (Å²) in [6, 6.07) is 4.41. The van der Waals surface area contributed by atoms with Crippen molar-refractivity contribution in [3.05, 3.63) is 51.4 Å². The maximum atomic E-state index is 13.3.